The van der Waals surface area contributed by atoms with E-state index in [1.807, 2.05) is 0 Å². The molecule has 0 heterocycles. The maximum absolute atomic E-state index is 10.8. The van der Waals surface area contributed by atoms with Crippen LogP contribution in [0.4, 0.5) is 0 Å². The van der Waals surface area contributed by atoms with Crippen LogP contribution in [0.15, 0.2) is 36.1 Å². The van der Waals surface area contributed by atoms with Crippen molar-refractivity contribution < 1.29 is 9.90 Å². The van der Waals surface area contributed by atoms with E-state index >= 15 is 0 Å². The van der Waals surface area contributed by atoms with E-state index < -0.39 is 5.97 Å². The molecule has 2 heteroatoms. The molecule has 0 aliphatic heterocycles. The zero-order chi connectivity index (χ0) is 16.2. The number of hydrogen-bond donors (Lipinski definition) is 1. The van der Waals surface area contributed by atoms with Gasteiger partial charge in [0.2, 0.25) is 0 Å². The summed E-state index contributed by atoms with van der Waals surface area (Å²) in [6, 6.07) is 8.65. The molecule has 1 aromatic carbocycles. The van der Waals surface area contributed by atoms with Crippen LogP contribution in [0.25, 0.3) is 5.57 Å². The van der Waals surface area contributed by atoms with E-state index in [0.29, 0.717) is 5.92 Å². The maximum Gasteiger partial charge on any atom is 0.336 e. The zero-order valence-electron chi connectivity index (χ0n) is 13.9. The molecule has 1 aromatic rings. The van der Waals surface area contributed by atoms with E-state index in [9.17, 15) is 4.79 Å². The zero-order valence-corrected chi connectivity index (χ0v) is 13.9. The van der Waals surface area contributed by atoms with E-state index in [0.717, 1.165) is 17.2 Å². The molecule has 0 aromatic heterocycles. The second-order valence-electron chi connectivity index (χ2n) is 7.21. The van der Waals surface area contributed by atoms with Gasteiger partial charge >= 0.3 is 5.97 Å². The Balaban J connectivity index is 2.30. The van der Waals surface area contributed by atoms with Gasteiger partial charge in [0.25, 0.3) is 0 Å². The van der Waals surface area contributed by atoms with Crippen molar-refractivity contribution in [1.82, 2.24) is 0 Å². The second-order valence-corrected chi connectivity index (χ2v) is 7.21. The van der Waals surface area contributed by atoms with Crippen LogP contribution in [0.5, 0.6) is 0 Å². The van der Waals surface area contributed by atoms with Crippen LogP contribution in [0.2, 0.25) is 0 Å². The average Bonchev–Trinajstić information content (AvgIpc) is 2.47. The smallest absolute Gasteiger partial charge is 0.336 e. The van der Waals surface area contributed by atoms with Crippen molar-refractivity contribution in [3.05, 3.63) is 47.2 Å². The van der Waals surface area contributed by atoms with E-state index in [1.165, 1.54) is 37.7 Å². The molecule has 1 N–H and O–H groups in total. The highest BCUT2D eigenvalue weighted by atomic mass is 16.4. The first-order valence-electron chi connectivity index (χ1n) is 8.18. The van der Waals surface area contributed by atoms with Gasteiger partial charge in [-0.05, 0) is 35.3 Å². The first kappa shape index (κ1) is 16.6. The largest absolute Gasteiger partial charge is 0.478 e. The van der Waals surface area contributed by atoms with Crippen molar-refractivity contribution in [2.45, 2.75) is 58.8 Å². The predicted octanol–water partition coefficient (Wildman–Crippen LogP) is 5.40. The minimum absolute atomic E-state index is 0.141. The Bertz CT molecular complexity index is 575. The van der Waals surface area contributed by atoms with Gasteiger partial charge in [0.1, 0.15) is 0 Å². The SMILES string of the molecule is CC(C)(C)C(=C=CC(=O)O)c1ccc(C2CCCCC2)cc1. The van der Waals surface area contributed by atoms with Crippen LogP contribution in [-0.4, -0.2) is 11.1 Å². The Morgan fingerprint density at radius 3 is 2.23 bits per heavy atom. The summed E-state index contributed by atoms with van der Waals surface area (Å²) < 4.78 is 0. The molecule has 1 aliphatic rings. The number of carboxylic acids is 1. The summed E-state index contributed by atoms with van der Waals surface area (Å²) in [4.78, 5) is 10.8. The third-order valence-electron chi connectivity index (χ3n) is 4.37. The summed E-state index contributed by atoms with van der Waals surface area (Å²) in [5.41, 5.74) is 6.24. The quantitative estimate of drug-likeness (QED) is 0.599. The summed E-state index contributed by atoms with van der Waals surface area (Å²) in [5.74, 6) is -0.264. The molecular weight excluding hydrogens is 272 g/mol. The number of benzene rings is 1. The van der Waals surface area contributed by atoms with Crippen molar-refractivity contribution in [3.63, 3.8) is 0 Å². The summed E-state index contributed by atoms with van der Waals surface area (Å²) in [6.45, 7) is 6.25. The Morgan fingerprint density at radius 1 is 1.14 bits per heavy atom. The van der Waals surface area contributed by atoms with Crippen LogP contribution < -0.4 is 0 Å². The summed E-state index contributed by atoms with van der Waals surface area (Å²) >= 11 is 0. The predicted molar refractivity (Wildman–Crippen MR) is 90.8 cm³/mol. The molecule has 2 nitrogen and oxygen atoms in total. The van der Waals surface area contributed by atoms with E-state index in [2.05, 4.69) is 50.8 Å². The Kier molecular flexibility index (Phi) is 5.26. The van der Waals surface area contributed by atoms with E-state index in [4.69, 9.17) is 5.11 Å². The lowest BCUT2D eigenvalue weighted by molar-refractivity contribution is -0.131. The average molecular weight is 298 g/mol. The fourth-order valence-corrected chi connectivity index (χ4v) is 3.22. The van der Waals surface area contributed by atoms with Crippen LogP contribution in [0.1, 0.15) is 69.9 Å². The molecule has 0 amide bonds. The topological polar surface area (TPSA) is 37.3 Å². The highest BCUT2D eigenvalue weighted by Gasteiger charge is 2.20. The van der Waals surface area contributed by atoms with E-state index in [-0.39, 0.29) is 5.41 Å². The van der Waals surface area contributed by atoms with Crippen molar-refractivity contribution in [3.8, 4) is 0 Å². The Labute approximate surface area is 133 Å². The Morgan fingerprint density at radius 2 is 1.73 bits per heavy atom. The maximum atomic E-state index is 10.8. The number of carbonyl (C=O) groups is 1. The lowest BCUT2D eigenvalue weighted by atomic mass is 9.80. The highest BCUT2D eigenvalue weighted by Crippen LogP contribution is 2.36. The van der Waals surface area contributed by atoms with Gasteiger partial charge in [-0.15, -0.1) is 5.73 Å². The monoisotopic (exact) mass is 298 g/mol. The van der Waals surface area contributed by atoms with E-state index in [1.54, 1.807) is 0 Å². The minimum Gasteiger partial charge on any atom is -0.478 e. The second kappa shape index (κ2) is 6.98. The van der Waals surface area contributed by atoms with Crippen LogP contribution in [0.3, 0.4) is 0 Å². The molecule has 1 aliphatic carbocycles. The van der Waals surface area contributed by atoms with Crippen LogP contribution in [0, 0.1) is 5.41 Å². The molecule has 22 heavy (non-hydrogen) atoms. The molecule has 0 saturated heterocycles. The summed E-state index contributed by atoms with van der Waals surface area (Å²) in [5, 5.41) is 8.86. The first-order chi connectivity index (χ1) is 10.4. The van der Waals surface area contributed by atoms with Crippen molar-refractivity contribution in [1.29, 1.82) is 0 Å². The molecule has 0 bridgehead atoms. The summed E-state index contributed by atoms with van der Waals surface area (Å²) in [6.07, 6.45) is 7.73. The minimum atomic E-state index is -0.958. The van der Waals surface area contributed by atoms with Gasteiger partial charge in [-0.2, -0.15) is 0 Å². The molecule has 1 saturated carbocycles. The summed E-state index contributed by atoms with van der Waals surface area (Å²) in [7, 11) is 0. The highest BCUT2D eigenvalue weighted by molar-refractivity contribution is 5.82. The molecule has 0 spiro atoms. The fraction of sp³-hybridized carbons (Fsp3) is 0.500. The molecular formula is C20H26O2. The normalized spacial score (nSPS) is 16.0. The fourth-order valence-electron chi connectivity index (χ4n) is 3.22. The van der Waals surface area contributed by atoms with Crippen molar-refractivity contribution in [2.75, 3.05) is 0 Å². The van der Waals surface area contributed by atoms with Gasteiger partial charge in [-0.1, -0.05) is 64.3 Å². The van der Waals surface area contributed by atoms with Gasteiger partial charge in [0.15, 0.2) is 0 Å². The van der Waals surface area contributed by atoms with Gasteiger partial charge in [-0.25, -0.2) is 4.79 Å². The third kappa shape index (κ3) is 4.35. The van der Waals surface area contributed by atoms with Gasteiger partial charge in [-0.3, -0.25) is 0 Å². The number of aliphatic carboxylic acids is 1. The standard InChI is InChI=1S/C20H26O2/c1-20(2,3)18(13-14-19(21)22)17-11-9-16(10-12-17)15-7-5-4-6-8-15/h9-12,14-15H,4-8H2,1-3H3,(H,21,22). The number of carboxylic acid groups (broad SMARTS) is 1. The molecule has 2 rings (SSSR count). The molecule has 1 fully saturated rings. The van der Waals surface area contributed by atoms with Crippen LogP contribution >= 0.6 is 0 Å². The molecule has 0 radical (unpaired) electrons. The number of hydrogen-bond acceptors (Lipinski definition) is 1. The third-order valence-corrected chi connectivity index (χ3v) is 4.37. The lowest BCUT2D eigenvalue weighted by Gasteiger charge is -2.24. The molecule has 0 atom stereocenters. The first-order valence-corrected chi connectivity index (χ1v) is 8.18. The number of rotatable bonds is 3. The van der Waals surface area contributed by atoms with Crippen molar-refractivity contribution in [2.24, 2.45) is 5.41 Å². The lowest BCUT2D eigenvalue weighted by Crippen LogP contribution is -2.09. The Hall–Kier alpha value is -1.79. The van der Waals surface area contributed by atoms with Gasteiger partial charge in [0, 0.05) is 5.57 Å². The van der Waals surface area contributed by atoms with Gasteiger partial charge in [0.05, 0.1) is 6.08 Å². The van der Waals surface area contributed by atoms with Gasteiger partial charge < -0.3 is 5.11 Å². The van der Waals surface area contributed by atoms with Crippen LogP contribution in [-0.2, 0) is 4.79 Å². The van der Waals surface area contributed by atoms with Crippen molar-refractivity contribution >= 4 is 11.5 Å². The molecule has 118 valence electrons. The molecule has 0 unspecified atom stereocenters.